The predicted molar refractivity (Wildman–Crippen MR) is 93.4 cm³/mol. The summed E-state index contributed by atoms with van der Waals surface area (Å²) in [6.45, 7) is 0. The summed E-state index contributed by atoms with van der Waals surface area (Å²) >= 11 is 1.38. The fourth-order valence-corrected chi connectivity index (χ4v) is 3.56. The number of nitrogens with one attached hydrogen (secondary N) is 1. The van der Waals surface area contributed by atoms with Gasteiger partial charge in [-0.05, 0) is 42.2 Å². The molecular weight excluding hydrogens is 323 g/mol. The Hall–Kier alpha value is -2.53. The Balaban J connectivity index is 1.41. The van der Waals surface area contributed by atoms with Crippen LogP contribution in [0, 0.1) is 11.7 Å². The number of hydrogen-bond donors (Lipinski definition) is 1. The summed E-state index contributed by atoms with van der Waals surface area (Å²) in [6.07, 6.45) is 0.881. The predicted octanol–water partition coefficient (Wildman–Crippen LogP) is 4.69. The Morgan fingerprint density at radius 1 is 1.12 bits per heavy atom. The first-order valence-corrected chi connectivity index (χ1v) is 8.66. The van der Waals surface area contributed by atoms with Gasteiger partial charge in [-0.15, -0.1) is 11.3 Å². The first-order chi connectivity index (χ1) is 11.7. The number of hydrogen-bond acceptors (Lipinski definition) is 3. The zero-order valence-corrected chi connectivity index (χ0v) is 13.6. The lowest BCUT2D eigenvalue weighted by atomic mass is 10.1. The van der Waals surface area contributed by atoms with Crippen LogP contribution in [0.5, 0.6) is 0 Å². The van der Waals surface area contributed by atoms with E-state index in [4.69, 9.17) is 0 Å². The van der Waals surface area contributed by atoms with E-state index >= 15 is 0 Å². The molecule has 1 aliphatic rings. The van der Waals surface area contributed by atoms with Crippen LogP contribution in [0.3, 0.4) is 0 Å². The van der Waals surface area contributed by atoms with Gasteiger partial charge in [-0.2, -0.15) is 0 Å². The van der Waals surface area contributed by atoms with E-state index in [0.29, 0.717) is 11.0 Å². The summed E-state index contributed by atoms with van der Waals surface area (Å²) in [6, 6.07) is 16.3. The standard InChI is InChI=1S/C19H15FN2OS/c20-14-8-6-13(7-9-14)17-11-24-19(21-17)22-18(23)16-10-15(16)12-4-2-1-3-5-12/h1-9,11,15-16H,10H2,(H,21,22,23). The molecule has 2 unspecified atom stereocenters. The summed E-state index contributed by atoms with van der Waals surface area (Å²) in [5, 5.41) is 5.35. The van der Waals surface area contributed by atoms with Crippen molar-refractivity contribution in [2.24, 2.45) is 5.92 Å². The van der Waals surface area contributed by atoms with E-state index in [9.17, 15) is 9.18 Å². The van der Waals surface area contributed by atoms with E-state index in [1.165, 1.54) is 29.0 Å². The van der Waals surface area contributed by atoms with Gasteiger partial charge in [0.05, 0.1) is 5.69 Å². The lowest BCUT2D eigenvalue weighted by Gasteiger charge is -2.01. The van der Waals surface area contributed by atoms with Crippen molar-refractivity contribution in [3.05, 3.63) is 71.4 Å². The van der Waals surface area contributed by atoms with Crippen molar-refractivity contribution in [3.63, 3.8) is 0 Å². The summed E-state index contributed by atoms with van der Waals surface area (Å²) in [4.78, 5) is 16.8. The van der Waals surface area contributed by atoms with E-state index in [-0.39, 0.29) is 17.6 Å². The van der Waals surface area contributed by atoms with Crippen LogP contribution in [0.1, 0.15) is 17.9 Å². The maximum atomic E-state index is 13.0. The van der Waals surface area contributed by atoms with Crippen LogP contribution in [0.2, 0.25) is 0 Å². The van der Waals surface area contributed by atoms with Crippen LogP contribution in [0.25, 0.3) is 11.3 Å². The second-order valence-electron chi connectivity index (χ2n) is 5.89. The molecule has 1 saturated carbocycles. The molecule has 120 valence electrons. The molecule has 0 aliphatic heterocycles. The highest BCUT2D eigenvalue weighted by Gasteiger charge is 2.44. The van der Waals surface area contributed by atoms with Gasteiger partial charge in [0.25, 0.3) is 0 Å². The molecule has 0 spiro atoms. The van der Waals surface area contributed by atoms with Gasteiger partial charge in [0.15, 0.2) is 5.13 Å². The van der Waals surface area contributed by atoms with Crippen LogP contribution >= 0.6 is 11.3 Å². The number of benzene rings is 2. The minimum atomic E-state index is -0.275. The van der Waals surface area contributed by atoms with Crippen molar-refractivity contribution in [1.82, 2.24) is 4.98 Å². The monoisotopic (exact) mass is 338 g/mol. The number of nitrogens with zero attached hydrogens (tertiary/aromatic N) is 1. The fraction of sp³-hybridized carbons (Fsp3) is 0.158. The highest BCUT2D eigenvalue weighted by molar-refractivity contribution is 7.14. The van der Waals surface area contributed by atoms with Gasteiger partial charge < -0.3 is 5.32 Å². The van der Waals surface area contributed by atoms with E-state index in [1.54, 1.807) is 12.1 Å². The second kappa shape index (κ2) is 6.17. The number of amides is 1. The lowest BCUT2D eigenvalue weighted by Crippen LogP contribution is -2.14. The molecule has 3 aromatic rings. The Morgan fingerprint density at radius 2 is 1.88 bits per heavy atom. The third-order valence-electron chi connectivity index (χ3n) is 4.23. The number of halogens is 1. The Bertz CT molecular complexity index is 861. The maximum Gasteiger partial charge on any atom is 0.229 e. The normalized spacial score (nSPS) is 19.0. The Morgan fingerprint density at radius 3 is 2.62 bits per heavy atom. The number of rotatable bonds is 4. The maximum absolute atomic E-state index is 13.0. The summed E-state index contributed by atoms with van der Waals surface area (Å²) < 4.78 is 13.0. The van der Waals surface area contributed by atoms with Gasteiger partial charge in [-0.1, -0.05) is 30.3 Å². The van der Waals surface area contributed by atoms with Crippen molar-refractivity contribution >= 4 is 22.4 Å². The molecule has 1 heterocycles. The molecule has 1 N–H and O–H groups in total. The average Bonchev–Trinajstić information content (AvgIpc) is 3.29. The van der Waals surface area contributed by atoms with Crippen molar-refractivity contribution < 1.29 is 9.18 Å². The molecule has 3 nitrogen and oxygen atoms in total. The van der Waals surface area contributed by atoms with Crippen molar-refractivity contribution in [1.29, 1.82) is 0 Å². The summed E-state index contributed by atoms with van der Waals surface area (Å²) in [5.41, 5.74) is 2.79. The van der Waals surface area contributed by atoms with Crippen molar-refractivity contribution in [2.45, 2.75) is 12.3 Å². The number of carbonyl (C=O) groups excluding carboxylic acids is 1. The number of thiazole rings is 1. The minimum Gasteiger partial charge on any atom is -0.302 e. The SMILES string of the molecule is O=C(Nc1nc(-c2ccc(F)cc2)cs1)C1CC1c1ccccc1. The van der Waals surface area contributed by atoms with Crippen molar-refractivity contribution in [2.75, 3.05) is 5.32 Å². The van der Waals surface area contributed by atoms with Gasteiger partial charge in [0.1, 0.15) is 5.82 Å². The molecule has 1 aliphatic carbocycles. The third-order valence-corrected chi connectivity index (χ3v) is 4.99. The zero-order valence-electron chi connectivity index (χ0n) is 12.8. The van der Waals surface area contributed by atoms with Gasteiger partial charge in [0.2, 0.25) is 5.91 Å². The summed E-state index contributed by atoms with van der Waals surface area (Å²) in [7, 11) is 0. The van der Waals surface area contributed by atoms with Gasteiger partial charge in [0, 0.05) is 16.9 Å². The van der Waals surface area contributed by atoms with E-state index < -0.39 is 0 Å². The molecule has 24 heavy (non-hydrogen) atoms. The molecule has 0 saturated heterocycles. The number of carbonyl (C=O) groups is 1. The van der Waals surface area contributed by atoms with E-state index in [2.05, 4.69) is 22.4 Å². The smallest absolute Gasteiger partial charge is 0.229 e. The number of aromatic nitrogens is 1. The Kier molecular flexibility index (Phi) is 3.86. The first kappa shape index (κ1) is 15.0. The molecule has 4 rings (SSSR count). The molecule has 2 atom stereocenters. The zero-order chi connectivity index (χ0) is 16.5. The van der Waals surface area contributed by atoms with Crippen LogP contribution in [0.15, 0.2) is 60.0 Å². The summed E-state index contributed by atoms with van der Waals surface area (Å²) in [5.74, 6) is 0.0698. The van der Waals surface area contributed by atoms with Gasteiger partial charge in [-0.25, -0.2) is 9.37 Å². The van der Waals surface area contributed by atoms with E-state index in [1.807, 2.05) is 23.6 Å². The topological polar surface area (TPSA) is 42.0 Å². The minimum absolute atomic E-state index is 0.0175. The molecule has 0 bridgehead atoms. The fourth-order valence-electron chi connectivity index (χ4n) is 2.84. The lowest BCUT2D eigenvalue weighted by molar-refractivity contribution is -0.117. The molecule has 0 radical (unpaired) electrons. The van der Waals surface area contributed by atoms with Crippen LogP contribution in [-0.2, 0) is 4.79 Å². The first-order valence-electron chi connectivity index (χ1n) is 7.78. The largest absolute Gasteiger partial charge is 0.302 e. The van der Waals surface area contributed by atoms with E-state index in [0.717, 1.165) is 17.7 Å². The highest BCUT2D eigenvalue weighted by Crippen LogP contribution is 2.48. The molecule has 5 heteroatoms. The molecule has 2 aromatic carbocycles. The van der Waals surface area contributed by atoms with Crippen LogP contribution < -0.4 is 5.32 Å². The van der Waals surface area contributed by atoms with Crippen LogP contribution in [-0.4, -0.2) is 10.9 Å². The van der Waals surface area contributed by atoms with Crippen molar-refractivity contribution in [3.8, 4) is 11.3 Å². The van der Waals surface area contributed by atoms with Crippen LogP contribution in [0.4, 0.5) is 9.52 Å². The van der Waals surface area contributed by atoms with Gasteiger partial charge >= 0.3 is 0 Å². The highest BCUT2D eigenvalue weighted by atomic mass is 32.1. The molecular formula is C19H15FN2OS. The average molecular weight is 338 g/mol. The Labute approximate surface area is 143 Å². The van der Waals surface area contributed by atoms with Gasteiger partial charge in [-0.3, -0.25) is 4.79 Å². The molecule has 1 aromatic heterocycles. The second-order valence-corrected chi connectivity index (χ2v) is 6.75. The quantitative estimate of drug-likeness (QED) is 0.750. The number of anilines is 1. The third kappa shape index (κ3) is 3.08. The molecule has 1 amide bonds. The molecule has 1 fully saturated rings.